The normalized spacial score (nSPS) is 48.4. The average Bonchev–Trinajstić information content (AvgIpc) is 3.43. The molecule has 2 spiro atoms. The monoisotopic (exact) mass is 390 g/mol. The molecule has 0 bridgehead atoms. The summed E-state index contributed by atoms with van der Waals surface area (Å²) in [5.74, 6) is 2.02. The highest BCUT2D eigenvalue weighted by molar-refractivity contribution is 5.23. The average molecular weight is 391 g/mol. The highest BCUT2D eigenvalue weighted by Gasteiger charge is 2.67. The molecule has 1 unspecified atom stereocenters. The van der Waals surface area contributed by atoms with Gasteiger partial charge >= 0.3 is 0 Å². The fourth-order valence-electron chi connectivity index (χ4n) is 8.37. The van der Waals surface area contributed by atoms with Crippen molar-refractivity contribution in [2.45, 2.75) is 63.4 Å². The maximum absolute atomic E-state index is 10.4. The highest BCUT2D eigenvalue weighted by Crippen LogP contribution is 2.68. The van der Waals surface area contributed by atoms with E-state index in [9.17, 15) is 5.11 Å². The lowest BCUT2D eigenvalue weighted by Gasteiger charge is -2.58. The van der Waals surface area contributed by atoms with Crippen molar-refractivity contribution in [1.29, 1.82) is 0 Å². The Labute approximate surface area is 167 Å². The summed E-state index contributed by atoms with van der Waals surface area (Å²) in [6, 6.07) is 0. The maximum Gasteiger partial charge on any atom is 0.174 e. The SMILES string of the molecule is C[C@]12CC(CO)[C@H]3[C@@H](CC=C4CC5(CC[C@@H]43)OCCO5)[C@@H]1CCC21OCCO1. The van der Waals surface area contributed by atoms with Gasteiger partial charge in [0.25, 0.3) is 0 Å². The molecule has 2 heterocycles. The van der Waals surface area contributed by atoms with E-state index in [2.05, 4.69) is 13.0 Å². The quantitative estimate of drug-likeness (QED) is 0.697. The van der Waals surface area contributed by atoms with Gasteiger partial charge in [0.05, 0.1) is 26.4 Å². The number of aliphatic hydroxyl groups is 1. The van der Waals surface area contributed by atoms with Gasteiger partial charge in [-0.05, 0) is 55.3 Å². The van der Waals surface area contributed by atoms with E-state index in [0.29, 0.717) is 29.6 Å². The van der Waals surface area contributed by atoms with Gasteiger partial charge in [-0.1, -0.05) is 18.6 Å². The summed E-state index contributed by atoms with van der Waals surface area (Å²) in [7, 11) is 0. The van der Waals surface area contributed by atoms with Crippen LogP contribution in [0, 0.1) is 35.0 Å². The van der Waals surface area contributed by atoms with Crippen LogP contribution in [0.15, 0.2) is 11.6 Å². The molecule has 6 aliphatic rings. The van der Waals surface area contributed by atoms with Crippen LogP contribution in [0.2, 0.25) is 0 Å². The molecule has 6 rings (SSSR count). The molecule has 3 saturated carbocycles. The topological polar surface area (TPSA) is 57.2 Å². The Morgan fingerprint density at radius 3 is 2.54 bits per heavy atom. The van der Waals surface area contributed by atoms with Crippen LogP contribution in [0.5, 0.6) is 0 Å². The van der Waals surface area contributed by atoms with E-state index >= 15 is 0 Å². The van der Waals surface area contributed by atoms with Gasteiger partial charge in [-0.25, -0.2) is 0 Å². The van der Waals surface area contributed by atoms with Crippen molar-refractivity contribution >= 4 is 0 Å². The Balaban J connectivity index is 1.33. The fraction of sp³-hybridized carbons (Fsp3) is 0.913. The molecule has 6 atom stereocenters. The number of fused-ring (bicyclic) bond motifs is 6. The first-order chi connectivity index (χ1) is 13.6. The predicted molar refractivity (Wildman–Crippen MR) is 102 cm³/mol. The van der Waals surface area contributed by atoms with Crippen molar-refractivity contribution in [3.8, 4) is 0 Å². The van der Waals surface area contributed by atoms with E-state index < -0.39 is 5.79 Å². The van der Waals surface area contributed by atoms with Gasteiger partial charge in [0.1, 0.15) is 0 Å². The second-order valence-corrected chi connectivity index (χ2v) is 10.3. The molecule has 0 radical (unpaired) electrons. The van der Waals surface area contributed by atoms with Crippen molar-refractivity contribution in [1.82, 2.24) is 0 Å². The summed E-state index contributed by atoms with van der Waals surface area (Å²) in [6.45, 7) is 5.56. The Morgan fingerprint density at radius 1 is 1.04 bits per heavy atom. The number of ether oxygens (including phenoxy) is 4. The summed E-state index contributed by atoms with van der Waals surface area (Å²) in [5, 5.41) is 10.4. The molecule has 28 heavy (non-hydrogen) atoms. The summed E-state index contributed by atoms with van der Waals surface area (Å²) in [4.78, 5) is 0. The van der Waals surface area contributed by atoms with Crippen molar-refractivity contribution < 1.29 is 24.1 Å². The molecule has 156 valence electrons. The van der Waals surface area contributed by atoms with Crippen molar-refractivity contribution in [2.24, 2.45) is 35.0 Å². The van der Waals surface area contributed by atoms with Crippen molar-refractivity contribution in [3.63, 3.8) is 0 Å². The van der Waals surface area contributed by atoms with Crippen LogP contribution < -0.4 is 0 Å². The lowest BCUT2D eigenvalue weighted by Crippen LogP contribution is -2.57. The fourth-order valence-corrected chi connectivity index (χ4v) is 8.37. The Morgan fingerprint density at radius 2 is 1.79 bits per heavy atom. The molecule has 0 aromatic heterocycles. The zero-order valence-electron chi connectivity index (χ0n) is 17.0. The van der Waals surface area contributed by atoms with Gasteiger partial charge in [0.2, 0.25) is 0 Å². The molecular formula is C23H34O5. The van der Waals surface area contributed by atoms with Crippen LogP contribution in [0.3, 0.4) is 0 Å². The number of hydrogen-bond donors (Lipinski definition) is 1. The molecular weight excluding hydrogens is 356 g/mol. The van der Waals surface area contributed by atoms with E-state index in [1.54, 1.807) is 0 Å². The minimum absolute atomic E-state index is 0.0248. The van der Waals surface area contributed by atoms with E-state index in [1.165, 1.54) is 12.0 Å². The van der Waals surface area contributed by atoms with E-state index in [-0.39, 0.29) is 17.8 Å². The summed E-state index contributed by atoms with van der Waals surface area (Å²) in [5.41, 5.74) is 1.56. The van der Waals surface area contributed by atoms with Crippen LogP contribution >= 0.6 is 0 Å². The smallest absolute Gasteiger partial charge is 0.174 e. The minimum atomic E-state index is -0.401. The van der Waals surface area contributed by atoms with Gasteiger partial charge < -0.3 is 24.1 Å². The summed E-state index contributed by atoms with van der Waals surface area (Å²) >= 11 is 0. The zero-order chi connectivity index (χ0) is 19.0. The van der Waals surface area contributed by atoms with Gasteiger partial charge in [-0.15, -0.1) is 0 Å². The van der Waals surface area contributed by atoms with Crippen molar-refractivity contribution in [2.75, 3.05) is 33.0 Å². The zero-order valence-corrected chi connectivity index (χ0v) is 17.0. The number of hydrogen-bond acceptors (Lipinski definition) is 5. The first-order valence-electron chi connectivity index (χ1n) is 11.5. The molecule has 0 aromatic rings. The number of allylic oxidation sites excluding steroid dienone is 1. The van der Waals surface area contributed by atoms with E-state index in [4.69, 9.17) is 18.9 Å². The lowest BCUT2D eigenvalue weighted by atomic mass is 9.49. The molecule has 1 N–H and O–H groups in total. The Kier molecular flexibility index (Phi) is 4.10. The summed E-state index contributed by atoms with van der Waals surface area (Å²) in [6.07, 6.45) is 9.93. The standard InChI is InChI=1S/C23H34O5/c1-21-12-16(14-24)20-17-4-6-22(25-8-9-26-22)13-15(17)2-3-18(20)19(21)5-7-23(21)27-10-11-28-23/h2,16-20,24H,3-14H2,1H3/t16?,17-,18-,19-,20+,21-/m0/s1. The van der Waals surface area contributed by atoms with Crippen molar-refractivity contribution in [3.05, 3.63) is 11.6 Å². The summed E-state index contributed by atoms with van der Waals surface area (Å²) < 4.78 is 24.6. The van der Waals surface area contributed by atoms with Crippen LogP contribution in [0.1, 0.15) is 51.9 Å². The van der Waals surface area contributed by atoms with E-state index in [0.717, 1.165) is 65.0 Å². The molecule has 0 amide bonds. The van der Waals surface area contributed by atoms with E-state index in [1.807, 2.05) is 0 Å². The Hall–Kier alpha value is -0.460. The molecule has 4 aliphatic carbocycles. The first-order valence-corrected chi connectivity index (χ1v) is 11.5. The third-order valence-corrected chi connectivity index (χ3v) is 9.42. The lowest BCUT2D eigenvalue weighted by molar-refractivity contribution is -0.250. The third-order valence-electron chi connectivity index (χ3n) is 9.42. The number of rotatable bonds is 1. The molecule has 0 aromatic carbocycles. The highest BCUT2D eigenvalue weighted by atomic mass is 16.7. The first kappa shape index (κ1) is 18.3. The van der Waals surface area contributed by atoms with Crippen LogP contribution in [0.25, 0.3) is 0 Å². The molecule has 5 heteroatoms. The van der Waals surface area contributed by atoms with Gasteiger partial charge in [-0.2, -0.15) is 0 Å². The molecule has 2 aliphatic heterocycles. The third kappa shape index (κ3) is 2.31. The van der Waals surface area contributed by atoms with Gasteiger partial charge in [-0.3, -0.25) is 0 Å². The number of aliphatic hydroxyl groups excluding tert-OH is 1. The van der Waals surface area contributed by atoms with Gasteiger partial charge in [0.15, 0.2) is 11.6 Å². The predicted octanol–water partition coefficient (Wildman–Crippen LogP) is 3.26. The van der Waals surface area contributed by atoms with Crippen LogP contribution in [-0.4, -0.2) is 49.7 Å². The molecule has 2 saturated heterocycles. The van der Waals surface area contributed by atoms with Crippen LogP contribution in [-0.2, 0) is 18.9 Å². The second kappa shape index (κ2) is 6.27. The largest absolute Gasteiger partial charge is 0.396 e. The van der Waals surface area contributed by atoms with Gasteiger partial charge in [0, 0.05) is 31.3 Å². The second-order valence-electron chi connectivity index (χ2n) is 10.3. The molecule has 5 nitrogen and oxygen atoms in total. The van der Waals surface area contributed by atoms with Crippen LogP contribution in [0.4, 0.5) is 0 Å². The molecule has 5 fully saturated rings. The Bertz CT molecular complexity index is 662. The maximum atomic E-state index is 10.4. The minimum Gasteiger partial charge on any atom is -0.396 e.